The number of nitrogens with zero attached hydrogens (tertiary/aromatic N) is 1. The van der Waals surface area contributed by atoms with Crippen molar-refractivity contribution in [1.82, 2.24) is 10.3 Å². The zero-order chi connectivity index (χ0) is 13.8. The first kappa shape index (κ1) is 12.8. The monoisotopic (exact) mass is 270 g/mol. The minimum atomic E-state index is 0.389. The van der Waals surface area contributed by atoms with Gasteiger partial charge in [-0.3, -0.25) is 4.98 Å². The maximum Gasteiger partial charge on any atom is 0.0541 e. The van der Waals surface area contributed by atoms with Gasteiger partial charge in [-0.25, -0.2) is 0 Å². The summed E-state index contributed by atoms with van der Waals surface area (Å²) < 4.78 is 0. The van der Waals surface area contributed by atoms with Crippen LogP contribution < -0.4 is 5.32 Å². The molecule has 108 valence electrons. The predicted octanol–water partition coefficient (Wildman–Crippen LogP) is 3.92. The normalized spacial score (nSPS) is 45.8. The van der Waals surface area contributed by atoms with Crippen molar-refractivity contribution in [3.63, 3.8) is 0 Å². The first-order valence-corrected chi connectivity index (χ1v) is 8.13. The Hall–Kier alpha value is -0.890. The van der Waals surface area contributed by atoms with Crippen LogP contribution in [0.15, 0.2) is 24.4 Å². The summed E-state index contributed by atoms with van der Waals surface area (Å²) in [5.74, 6) is 0.956. The highest BCUT2D eigenvalue weighted by molar-refractivity contribution is 5.15. The molecule has 0 unspecified atom stereocenters. The number of aromatic nitrogens is 1. The van der Waals surface area contributed by atoms with Crippen LogP contribution in [0.4, 0.5) is 0 Å². The van der Waals surface area contributed by atoms with Crippen LogP contribution in [0.3, 0.4) is 0 Å². The Morgan fingerprint density at radius 1 is 1.10 bits per heavy atom. The van der Waals surface area contributed by atoms with E-state index in [4.69, 9.17) is 0 Å². The third kappa shape index (κ3) is 2.09. The molecule has 4 fully saturated rings. The van der Waals surface area contributed by atoms with E-state index in [0.29, 0.717) is 16.4 Å². The van der Waals surface area contributed by atoms with Gasteiger partial charge in [0.25, 0.3) is 0 Å². The summed E-state index contributed by atoms with van der Waals surface area (Å²) >= 11 is 0. The molecule has 1 heterocycles. The molecule has 0 saturated heterocycles. The first-order chi connectivity index (χ1) is 9.49. The van der Waals surface area contributed by atoms with Gasteiger partial charge in [-0.05, 0) is 67.4 Å². The summed E-state index contributed by atoms with van der Waals surface area (Å²) in [4.78, 5) is 4.47. The first-order valence-electron chi connectivity index (χ1n) is 8.13. The molecule has 4 saturated carbocycles. The summed E-state index contributed by atoms with van der Waals surface area (Å²) in [5, 5.41) is 3.93. The maximum absolute atomic E-state index is 4.47. The van der Waals surface area contributed by atoms with Crippen molar-refractivity contribution in [1.29, 1.82) is 0 Å². The number of rotatable bonds is 3. The summed E-state index contributed by atoms with van der Waals surface area (Å²) in [6.07, 6.45) is 10.4. The lowest BCUT2D eigenvalue weighted by Crippen LogP contribution is -2.63. The van der Waals surface area contributed by atoms with E-state index in [9.17, 15) is 0 Å². The molecular weight excluding hydrogens is 244 g/mol. The van der Waals surface area contributed by atoms with E-state index in [1.54, 1.807) is 0 Å². The number of hydrogen-bond donors (Lipinski definition) is 1. The second-order valence-corrected chi connectivity index (χ2v) is 8.59. The molecule has 4 aliphatic rings. The van der Waals surface area contributed by atoms with Gasteiger partial charge in [0, 0.05) is 18.3 Å². The lowest BCUT2D eigenvalue weighted by molar-refractivity contribution is -0.118. The smallest absolute Gasteiger partial charge is 0.0541 e. The topological polar surface area (TPSA) is 24.9 Å². The molecule has 0 spiro atoms. The molecule has 2 nitrogen and oxygen atoms in total. The van der Waals surface area contributed by atoms with Gasteiger partial charge in [-0.1, -0.05) is 19.9 Å². The highest BCUT2D eigenvalue weighted by Crippen LogP contribution is 2.66. The standard InChI is InChI=1S/C18H26N2/c1-16-7-14-8-17(2,11-16)13-18(9-14,12-16)20-10-15-5-3-4-6-19-15/h3-6,14,20H,7-13H2,1-2H3/t14?,16-,17-,18?/m0/s1. The van der Waals surface area contributed by atoms with Gasteiger partial charge < -0.3 is 5.32 Å². The van der Waals surface area contributed by atoms with E-state index >= 15 is 0 Å². The largest absolute Gasteiger partial charge is 0.306 e. The molecule has 4 aliphatic carbocycles. The molecule has 5 rings (SSSR count). The highest BCUT2D eigenvalue weighted by atomic mass is 15.0. The highest BCUT2D eigenvalue weighted by Gasteiger charge is 2.59. The Morgan fingerprint density at radius 2 is 1.85 bits per heavy atom. The van der Waals surface area contributed by atoms with Crippen molar-refractivity contribution in [2.24, 2.45) is 16.7 Å². The van der Waals surface area contributed by atoms with Crippen LogP contribution in [0.25, 0.3) is 0 Å². The molecule has 1 aromatic rings. The molecule has 20 heavy (non-hydrogen) atoms. The number of nitrogens with one attached hydrogen (secondary N) is 1. The van der Waals surface area contributed by atoms with E-state index in [2.05, 4.69) is 36.3 Å². The molecule has 1 N–H and O–H groups in total. The Kier molecular flexibility index (Phi) is 2.61. The van der Waals surface area contributed by atoms with Crippen molar-refractivity contribution < 1.29 is 0 Å². The SMILES string of the molecule is C[C@@]12CC3CC(NCc4ccccn4)(C1)C[C@@](C)(C3)C2. The van der Waals surface area contributed by atoms with Gasteiger partial charge in [-0.15, -0.1) is 0 Å². The quantitative estimate of drug-likeness (QED) is 0.900. The fraction of sp³-hybridized carbons (Fsp3) is 0.722. The van der Waals surface area contributed by atoms with Crippen molar-refractivity contribution in [2.75, 3.05) is 0 Å². The van der Waals surface area contributed by atoms with Crippen molar-refractivity contribution >= 4 is 0 Å². The van der Waals surface area contributed by atoms with Crippen molar-refractivity contribution in [3.05, 3.63) is 30.1 Å². The van der Waals surface area contributed by atoms with Gasteiger partial charge in [-0.2, -0.15) is 0 Å². The van der Waals surface area contributed by atoms with Crippen LogP contribution in [-0.2, 0) is 6.54 Å². The average Bonchev–Trinajstić information content (AvgIpc) is 2.33. The Balaban J connectivity index is 1.55. The van der Waals surface area contributed by atoms with Gasteiger partial charge in [0.2, 0.25) is 0 Å². The lowest BCUT2D eigenvalue weighted by Gasteiger charge is -2.65. The van der Waals surface area contributed by atoms with E-state index in [0.717, 1.165) is 12.5 Å². The second kappa shape index (κ2) is 4.07. The molecule has 1 aromatic heterocycles. The van der Waals surface area contributed by atoms with Gasteiger partial charge >= 0.3 is 0 Å². The van der Waals surface area contributed by atoms with Gasteiger partial charge in [0.15, 0.2) is 0 Å². The Bertz CT molecular complexity index is 491. The summed E-state index contributed by atoms with van der Waals surface area (Å²) in [7, 11) is 0. The number of pyridine rings is 1. The van der Waals surface area contributed by atoms with Gasteiger partial charge in [0.1, 0.15) is 0 Å². The van der Waals surface area contributed by atoms with E-state index in [1.165, 1.54) is 44.2 Å². The van der Waals surface area contributed by atoms with E-state index in [1.807, 2.05) is 12.3 Å². The van der Waals surface area contributed by atoms with Crippen LogP contribution in [0.5, 0.6) is 0 Å². The van der Waals surface area contributed by atoms with Gasteiger partial charge in [0.05, 0.1) is 5.69 Å². The molecule has 0 aromatic carbocycles. The van der Waals surface area contributed by atoms with E-state index < -0.39 is 0 Å². The van der Waals surface area contributed by atoms with Crippen LogP contribution in [0, 0.1) is 16.7 Å². The molecule has 0 radical (unpaired) electrons. The molecule has 2 heteroatoms. The van der Waals surface area contributed by atoms with Crippen molar-refractivity contribution in [3.8, 4) is 0 Å². The lowest BCUT2D eigenvalue weighted by atomic mass is 9.43. The fourth-order valence-electron chi connectivity index (χ4n) is 6.43. The zero-order valence-corrected chi connectivity index (χ0v) is 12.8. The minimum Gasteiger partial charge on any atom is -0.306 e. The second-order valence-electron chi connectivity index (χ2n) is 8.59. The maximum atomic E-state index is 4.47. The average molecular weight is 270 g/mol. The van der Waals surface area contributed by atoms with Crippen LogP contribution in [-0.4, -0.2) is 10.5 Å². The molecular formula is C18H26N2. The summed E-state index contributed by atoms with van der Waals surface area (Å²) in [5.41, 5.74) is 2.75. The predicted molar refractivity (Wildman–Crippen MR) is 81.2 cm³/mol. The third-order valence-electron chi connectivity index (χ3n) is 6.00. The third-order valence-corrected chi connectivity index (χ3v) is 6.00. The zero-order valence-electron chi connectivity index (χ0n) is 12.8. The molecule has 4 bridgehead atoms. The van der Waals surface area contributed by atoms with Crippen LogP contribution in [0.1, 0.15) is 58.1 Å². The summed E-state index contributed by atoms with van der Waals surface area (Å²) in [6.45, 7) is 6.00. The minimum absolute atomic E-state index is 0.389. The Labute approximate surface area is 122 Å². The molecule has 0 amide bonds. The molecule has 2 atom stereocenters. The molecule has 0 aliphatic heterocycles. The Morgan fingerprint density at radius 3 is 2.45 bits per heavy atom. The number of hydrogen-bond acceptors (Lipinski definition) is 2. The van der Waals surface area contributed by atoms with Crippen molar-refractivity contribution in [2.45, 2.75) is 64.5 Å². The van der Waals surface area contributed by atoms with Crippen LogP contribution >= 0.6 is 0 Å². The fourth-order valence-corrected chi connectivity index (χ4v) is 6.43. The van der Waals surface area contributed by atoms with E-state index in [-0.39, 0.29) is 0 Å². The summed E-state index contributed by atoms with van der Waals surface area (Å²) in [6, 6.07) is 6.22. The van der Waals surface area contributed by atoms with Crippen LogP contribution in [0.2, 0.25) is 0 Å².